The minimum absolute atomic E-state index is 0.0179. The molecule has 0 aliphatic carbocycles. The minimum atomic E-state index is -1.07. The van der Waals surface area contributed by atoms with Gasteiger partial charge in [0.1, 0.15) is 31.0 Å². The summed E-state index contributed by atoms with van der Waals surface area (Å²) >= 11 is 0. The van der Waals surface area contributed by atoms with Crippen molar-refractivity contribution in [3.8, 4) is 11.5 Å². The number of nitrogens with two attached hydrogens (primary N) is 1. The topological polar surface area (TPSA) is 150 Å². The van der Waals surface area contributed by atoms with E-state index in [9.17, 15) is 19.2 Å². The van der Waals surface area contributed by atoms with E-state index in [1.54, 1.807) is 33.8 Å². The third kappa shape index (κ3) is 12.4. The van der Waals surface area contributed by atoms with Crippen molar-refractivity contribution in [3.63, 3.8) is 0 Å². The number of rotatable bonds is 14. The monoisotopic (exact) mass is 553 g/mol. The van der Waals surface area contributed by atoms with E-state index in [-0.39, 0.29) is 48.4 Å². The highest BCUT2D eigenvalue weighted by molar-refractivity contribution is 5.76. The molecule has 39 heavy (non-hydrogen) atoms. The second-order valence-corrected chi connectivity index (χ2v) is 9.88. The van der Waals surface area contributed by atoms with Crippen molar-refractivity contribution in [2.75, 3.05) is 6.61 Å². The van der Waals surface area contributed by atoms with Crippen molar-refractivity contribution >= 4 is 24.2 Å². The molecule has 0 fully saturated rings. The maximum Gasteiger partial charge on any atom is 0.514 e. The number of benzene rings is 1. The van der Waals surface area contributed by atoms with Crippen molar-refractivity contribution in [2.45, 2.75) is 99.0 Å². The number of esters is 2. The first kappa shape index (κ1) is 33.7. The Balaban J connectivity index is 2.90. The molecule has 1 aromatic carbocycles. The first-order chi connectivity index (χ1) is 18.3. The summed E-state index contributed by atoms with van der Waals surface area (Å²) in [5, 5.41) is 0. The molecule has 0 bridgehead atoms. The van der Waals surface area contributed by atoms with Crippen LogP contribution >= 0.6 is 0 Å². The van der Waals surface area contributed by atoms with Gasteiger partial charge < -0.3 is 34.2 Å². The molecule has 0 aliphatic heterocycles. The maximum atomic E-state index is 12.5. The average Bonchev–Trinajstić information content (AvgIpc) is 2.87. The van der Waals surface area contributed by atoms with Crippen LogP contribution in [0.15, 0.2) is 18.2 Å². The second-order valence-electron chi connectivity index (χ2n) is 9.88. The highest BCUT2D eigenvalue weighted by Gasteiger charge is 2.24. The second kappa shape index (κ2) is 16.6. The molecule has 0 aromatic heterocycles. The normalized spacial score (nSPS) is 14.8. The lowest BCUT2D eigenvalue weighted by atomic mass is 9.99. The Kier molecular flexibility index (Phi) is 14.3. The lowest BCUT2D eigenvalue weighted by molar-refractivity contribution is -0.161. The third-order valence-corrected chi connectivity index (χ3v) is 6.05. The van der Waals surface area contributed by atoms with Gasteiger partial charge in [-0.3, -0.25) is 9.59 Å². The molecule has 220 valence electrons. The summed E-state index contributed by atoms with van der Waals surface area (Å²) in [6, 6.07) is 3.30. The van der Waals surface area contributed by atoms with Gasteiger partial charge in [-0.2, -0.15) is 0 Å². The van der Waals surface area contributed by atoms with Gasteiger partial charge in [-0.15, -0.1) is 0 Å². The van der Waals surface area contributed by atoms with E-state index >= 15 is 0 Å². The van der Waals surface area contributed by atoms with Crippen LogP contribution < -0.4 is 15.2 Å². The Hall–Kier alpha value is -3.34. The fourth-order valence-corrected chi connectivity index (χ4v) is 2.83. The Morgan fingerprint density at radius 3 is 1.79 bits per heavy atom. The first-order valence-corrected chi connectivity index (χ1v) is 13.3. The highest BCUT2D eigenvalue weighted by atomic mass is 16.7. The average molecular weight is 554 g/mol. The Morgan fingerprint density at radius 2 is 1.28 bits per heavy atom. The Labute approximate surface area is 230 Å². The van der Waals surface area contributed by atoms with E-state index in [0.29, 0.717) is 18.4 Å². The Bertz CT molecular complexity index is 964. The molecule has 0 saturated heterocycles. The SMILES string of the molecule is CCC(C)OC(=O)Oc1ccc(C[C@H](N)C(=O)O[C@@H](C)COC(=O)C(C)C(C)C)cc1OC(=O)OC(C)CC. The van der Waals surface area contributed by atoms with Crippen molar-refractivity contribution in [2.24, 2.45) is 17.6 Å². The van der Waals surface area contributed by atoms with E-state index in [4.69, 9.17) is 34.2 Å². The predicted molar refractivity (Wildman–Crippen MR) is 142 cm³/mol. The van der Waals surface area contributed by atoms with Gasteiger partial charge in [0.05, 0.1) is 5.92 Å². The molecule has 11 nitrogen and oxygen atoms in total. The zero-order valence-electron chi connectivity index (χ0n) is 24.2. The van der Waals surface area contributed by atoms with Crippen LogP contribution in [0.1, 0.15) is 73.8 Å². The smallest absolute Gasteiger partial charge is 0.462 e. The van der Waals surface area contributed by atoms with Gasteiger partial charge in [0.25, 0.3) is 0 Å². The zero-order chi connectivity index (χ0) is 29.7. The molecule has 0 amide bonds. The number of hydrogen-bond donors (Lipinski definition) is 1. The molecular formula is C28H43NO10. The van der Waals surface area contributed by atoms with E-state index in [2.05, 4.69) is 0 Å². The summed E-state index contributed by atoms with van der Waals surface area (Å²) < 4.78 is 31.3. The van der Waals surface area contributed by atoms with Gasteiger partial charge in [-0.25, -0.2) is 9.59 Å². The first-order valence-electron chi connectivity index (χ1n) is 13.3. The molecular weight excluding hydrogens is 510 g/mol. The van der Waals surface area contributed by atoms with Crippen LogP contribution in [0.25, 0.3) is 0 Å². The summed E-state index contributed by atoms with van der Waals surface area (Å²) in [7, 11) is 0. The largest absolute Gasteiger partial charge is 0.514 e. The number of ether oxygens (including phenoxy) is 6. The van der Waals surface area contributed by atoms with E-state index in [0.717, 1.165) is 0 Å². The lowest BCUT2D eigenvalue weighted by Crippen LogP contribution is -2.37. The summed E-state index contributed by atoms with van der Waals surface area (Å²) in [6.07, 6.45) is -2.23. The van der Waals surface area contributed by atoms with Crippen LogP contribution in [0.4, 0.5) is 9.59 Å². The van der Waals surface area contributed by atoms with E-state index < -0.39 is 36.5 Å². The summed E-state index contributed by atoms with van der Waals surface area (Å²) in [5.41, 5.74) is 6.54. The van der Waals surface area contributed by atoms with Crippen LogP contribution in [0.3, 0.4) is 0 Å². The number of hydrogen-bond acceptors (Lipinski definition) is 11. The fraction of sp³-hybridized carbons (Fsp3) is 0.643. The standard InChI is InChI=1S/C28H43NO10/c1-9-17(5)36-27(32)38-23-12-11-21(14-24(23)39-28(33)37-18(6)10-2)13-22(29)26(31)35-19(7)15-34-25(30)20(8)16(3)4/h11-12,14,16-20,22H,9-10,13,15,29H2,1-8H3/t17?,18?,19-,20?,22-/m0/s1. The molecule has 0 spiro atoms. The minimum Gasteiger partial charge on any atom is -0.462 e. The van der Waals surface area contributed by atoms with Gasteiger partial charge >= 0.3 is 24.2 Å². The van der Waals surface area contributed by atoms with Crippen molar-refractivity contribution in [1.29, 1.82) is 0 Å². The molecule has 5 atom stereocenters. The summed E-state index contributed by atoms with van der Waals surface area (Å²) in [6.45, 7) is 14.2. The molecule has 0 radical (unpaired) electrons. The van der Waals surface area contributed by atoms with Gasteiger partial charge in [0.2, 0.25) is 0 Å². The van der Waals surface area contributed by atoms with E-state index in [1.807, 2.05) is 27.7 Å². The predicted octanol–water partition coefficient (Wildman–Crippen LogP) is 4.95. The van der Waals surface area contributed by atoms with Gasteiger partial charge in [-0.1, -0.05) is 40.7 Å². The van der Waals surface area contributed by atoms with Crippen molar-refractivity contribution < 1.29 is 47.6 Å². The third-order valence-electron chi connectivity index (χ3n) is 6.05. The molecule has 11 heteroatoms. The summed E-state index contributed by atoms with van der Waals surface area (Å²) in [4.78, 5) is 48.9. The van der Waals surface area contributed by atoms with Crippen LogP contribution in [-0.2, 0) is 35.0 Å². The molecule has 2 N–H and O–H groups in total. The van der Waals surface area contributed by atoms with Crippen LogP contribution in [-0.4, -0.2) is 55.2 Å². The molecule has 1 rings (SSSR count). The maximum absolute atomic E-state index is 12.5. The van der Waals surface area contributed by atoms with Crippen LogP contribution in [0.5, 0.6) is 11.5 Å². The van der Waals surface area contributed by atoms with Crippen molar-refractivity contribution in [1.82, 2.24) is 0 Å². The quantitative estimate of drug-likeness (QED) is 0.189. The van der Waals surface area contributed by atoms with Crippen molar-refractivity contribution in [3.05, 3.63) is 23.8 Å². The molecule has 1 aromatic rings. The van der Waals surface area contributed by atoms with Gasteiger partial charge in [0.15, 0.2) is 11.5 Å². The molecule has 0 saturated carbocycles. The van der Waals surface area contributed by atoms with E-state index in [1.165, 1.54) is 12.1 Å². The summed E-state index contributed by atoms with van der Waals surface area (Å²) in [5.74, 6) is -1.41. The van der Waals surface area contributed by atoms with Crippen LogP contribution in [0.2, 0.25) is 0 Å². The zero-order valence-corrected chi connectivity index (χ0v) is 24.2. The molecule has 0 aliphatic rings. The highest BCUT2D eigenvalue weighted by Crippen LogP contribution is 2.30. The number of carbonyl (C=O) groups is 4. The Morgan fingerprint density at radius 1 is 0.744 bits per heavy atom. The fourth-order valence-electron chi connectivity index (χ4n) is 2.83. The number of carbonyl (C=O) groups excluding carboxylic acids is 4. The lowest BCUT2D eigenvalue weighted by Gasteiger charge is -2.19. The van der Waals surface area contributed by atoms with Gasteiger partial charge in [0, 0.05) is 0 Å². The molecule has 3 unspecified atom stereocenters. The van der Waals surface area contributed by atoms with Gasteiger partial charge in [-0.05, 0) is 63.6 Å². The van der Waals surface area contributed by atoms with Crippen LogP contribution in [0, 0.1) is 11.8 Å². The molecule has 0 heterocycles.